The number of aryl methyl sites for hydroxylation is 1. The summed E-state index contributed by atoms with van der Waals surface area (Å²) >= 11 is 12.4. The minimum atomic E-state index is 0.182. The second kappa shape index (κ2) is 7.09. The van der Waals surface area contributed by atoms with Crippen LogP contribution in [0.25, 0.3) is 5.69 Å². The first-order valence-corrected chi connectivity index (χ1v) is 7.20. The van der Waals surface area contributed by atoms with Crippen molar-refractivity contribution in [3.63, 3.8) is 0 Å². The van der Waals surface area contributed by atoms with Crippen molar-refractivity contribution in [2.24, 2.45) is 0 Å². The molecule has 0 atom stereocenters. The van der Waals surface area contributed by atoms with Gasteiger partial charge < -0.3 is 10.4 Å². The van der Waals surface area contributed by atoms with E-state index in [1.54, 1.807) is 4.68 Å². The third-order valence-electron chi connectivity index (χ3n) is 2.99. The molecule has 2 N–H and O–H groups in total. The Bertz CT molecular complexity index is 584. The molecule has 4 nitrogen and oxygen atoms in total. The van der Waals surface area contributed by atoms with Gasteiger partial charge in [-0.25, -0.2) is 4.68 Å². The van der Waals surface area contributed by atoms with Crippen molar-refractivity contribution in [3.8, 4) is 5.69 Å². The Morgan fingerprint density at radius 2 is 2.15 bits per heavy atom. The van der Waals surface area contributed by atoms with Crippen LogP contribution in [0.2, 0.25) is 10.2 Å². The fourth-order valence-corrected chi connectivity index (χ4v) is 2.45. The molecule has 108 valence electrons. The van der Waals surface area contributed by atoms with Gasteiger partial charge in [0.2, 0.25) is 0 Å². The first-order chi connectivity index (χ1) is 9.63. The highest BCUT2D eigenvalue weighted by Crippen LogP contribution is 2.24. The molecule has 0 bridgehead atoms. The monoisotopic (exact) mass is 313 g/mol. The molecule has 6 heteroatoms. The van der Waals surface area contributed by atoms with E-state index >= 15 is 0 Å². The fourth-order valence-electron chi connectivity index (χ4n) is 1.93. The topological polar surface area (TPSA) is 50.1 Å². The summed E-state index contributed by atoms with van der Waals surface area (Å²) in [6.07, 6.45) is 0.721. The van der Waals surface area contributed by atoms with E-state index in [0.29, 0.717) is 16.7 Å². The predicted molar refractivity (Wildman–Crippen MR) is 81.7 cm³/mol. The Kier molecular flexibility index (Phi) is 5.43. The number of benzene rings is 1. The number of aromatic nitrogens is 2. The van der Waals surface area contributed by atoms with E-state index in [2.05, 4.69) is 10.4 Å². The lowest BCUT2D eigenvalue weighted by Gasteiger charge is -2.05. The average Bonchev–Trinajstić information content (AvgIpc) is 2.71. The number of aliphatic hydroxyl groups is 1. The summed E-state index contributed by atoms with van der Waals surface area (Å²) in [5, 5.41) is 17.7. The number of halogens is 2. The van der Waals surface area contributed by atoms with Gasteiger partial charge in [0.25, 0.3) is 0 Å². The lowest BCUT2D eigenvalue weighted by molar-refractivity contribution is 0.286. The van der Waals surface area contributed by atoms with Gasteiger partial charge in [0, 0.05) is 23.7 Å². The Morgan fingerprint density at radius 1 is 1.35 bits per heavy atom. The summed E-state index contributed by atoms with van der Waals surface area (Å²) in [6, 6.07) is 7.41. The van der Waals surface area contributed by atoms with Crippen LogP contribution < -0.4 is 5.32 Å². The molecule has 2 rings (SSSR count). The summed E-state index contributed by atoms with van der Waals surface area (Å²) in [7, 11) is 0. The van der Waals surface area contributed by atoms with Crippen LogP contribution in [0.4, 0.5) is 0 Å². The minimum Gasteiger partial charge on any atom is -0.396 e. The van der Waals surface area contributed by atoms with Crippen LogP contribution in [0.3, 0.4) is 0 Å². The smallest absolute Gasteiger partial charge is 0.137 e. The van der Waals surface area contributed by atoms with Crippen molar-refractivity contribution in [3.05, 3.63) is 45.7 Å². The zero-order chi connectivity index (χ0) is 14.5. The summed E-state index contributed by atoms with van der Waals surface area (Å²) in [6.45, 7) is 3.48. The molecule has 0 saturated heterocycles. The van der Waals surface area contributed by atoms with Crippen LogP contribution in [-0.4, -0.2) is 28.0 Å². The molecule has 1 heterocycles. The highest BCUT2D eigenvalue weighted by molar-refractivity contribution is 6.31. The second-order valence-electron chi connectivity index (χ2n) is 4.50. The van der Waals surface area contributed by atoms with E-state index in [0.717, 1.165) is 29.9 Å². The first-order valence-electron chi connectivity index (χ1n) is 6.45. The van der Waals surface area contributed by atoms with E-state index in [4.69, 9.17) is 28.3 Å². The SMILES string of the molecule is Cc1nn(-c2cccc(Cl)c2)c(Cl)c1CNCCCO. The van der Waals surface area contributed by atoms with Crippen LogP contribution in [-0.2, 0) is 6.54 Å². The summed E-state index contributed by atoms with van der Waals surface area (Å²) in [5.41, 5.74) is 2.68. The maximum Gasteiger partial charge on any atom is 0.137 e. The van der Waals surface area contributed by atoms with Gasteiger partial charge in [-0.1, -0.05) is 29.3 Å². The largest absolute Gasteiger partial charge is 0.396 e. The summed E-state index contributed by atoms with van der Waals surface area (Å²) < 4.78 is 1.69. The summed E-state index contributed by atoms with van der Waals surface area (Å²) in [4.78, 5) is 0. The maximum absolute atomic E-state index is 8.76. The number of nitrogens with zero attached hydrogens (tertiary/aromatic N) is 2. The van der Waals surface area contributed by atoms with Crippen LogP contribution in [0.15, 0.2) is 24.3 Å². The number of hydrogen-bond acceptors (Lipinski definition) is 3. The standard InChI is InChI=1S/C14H17Cl2N3O/c1-10-13(9-17-6-3-7-20)14(16)19(18-10)12-5-2-4-11(15)8-12/h2,4-5,8,17,20H,3,6-7,9H2,1H3. The molecule has 0 aliphatic rings. The van der Waals surface area contributed by atoms with Crippen molar-refractivity contribution in [2.75, 3.05) is 13.2 Å². The third-order valence-corrected chi connectivity index (χ3v) is 3.61. The van der Waals surface area contributed by atoms with Crippen molar-refractivity contribution in [2.45, 2.75) is 19.9 Å². The molecular weight excluding hydrogens is 297 g/mol. The number of aliphatic hydroxyl groups excluding tert-OH is 1. The Balaban J connectivity index is 2.20. The van der Waals surface area contributed by atoms with E-state index in [-0.39, 0.29) is 6.61 Å². The number of hydrogen-bond donors (Lipinski definition) is 2. The molecular formula is C14H17Cl2N3O. The van der Waals surface area contributed by atoms with Gasteiger partial charge in [0.05, 0.1) is 11.4 Å². The quantitative estimate of drug-likeness (QED) is 0.806. The van der Waals surface area contributed by atoms with Gasteiger partial charge in [-0.05, 0) is 38.1 Å². The van der Waals surface area contributed by atoms with E-state index in [1.807, 2.05) is 31.2 Å². The molecule has 0 aliphatic heterocycles. The van der Waals surface area contributed by atoms with E-state index < -0.39 is 0 Å². The fraction of sp³-hybridized carbons (Fsp3) is 0.357. The van der Waals surface area contributed by atoms with Crippen molar-refractivity contribution in [1.82, 2.24) is 15.1 Å². The highest BCUT2D eigenvalue weighted by Gasteiger charge is 2.14. The van der Waals surface area contributed by atoms with Gasteiger partial charge in [-0.3, -0.25) is 0 Å². The van der Waals surface area contributed by atoms with Crippen LogP contribution in [0.5, 0.6) is 0 Å². The normalized spacial score (nSPS) is 11.0. The third kappa shape index (κ3) is 3.52. The average molecular weight is 314 g/mol. The zero-order valence-corrected chi connectivity index (χ0v) is 12.7. The van der Waals surface area contributed by atoms with Crippen molar-refractivity contribution < 1.29 is 5.11 Å². The van der Waals surface area contributed by atoms with Crippen molar-refractivity contribution in [1.29, 1.82) is 0 Å². The Morgan fingerprint density at radius 3 is 2.85 bits per heavy atom. The molecule has 0 fully saturated rings. The minimum absolute atomic E-state index is 0.182. The molecule has 0 aliphatic carbocycles. The molecule has 0 unspecified atom stereocenters. The molecule has 2 aromatic rings. The number of nitrogens with one attached hydrogen (secondary N) is 1. The van der Waals surface area contributed by atoms with Crippen molar-refractivity contribution >= 4 is 23.2 Å². The first kappa shape index (κ1) is 15.3. The van der Waals surface area contributed by atoms with Gasteiger partial charge in [-0.2, -0.15) is 5.10 Å². The predicted octanol–water partition coefficient (Wildman–Crippen LogP) is 2.96. The highest BCUT2D eigenvalue weighted by atomic mass is 35.5. The van der Waals surface area contributed by atoms with Gasteiger partial charge in [0.15, 0.2) is 0 Å². The van der Waals surface area contributed by atoms with E-state index in [9.17, 15) is 0 Å². The van der Waals surface area contributed by atoms with Crippen LogP contribution >= 0.6 is 23.2 Å². The van der Waals surface area contributed by atoms with Crippen LogP contribution in [0, 0.1) is 6.92 Å². The molecule has 0 radical (unpaired) electrons. The molecule has 0 amide bonds. The summed E-state index contributed by atoms with van der Waals surface area (Å²) in [5.74, 6) is 0. The molecule has 1 aromatic carbocycles. The van der Waals surface area contributed by atoms with Gasteiger partial charge in [0.1, 0.15) is 5.15 Å². The lowest BCUT2D eigenvalue weighted by atomic mass is 10.2. The van der Waals surface area contributed by atoms with E-state index in [1.165, 1.54) is 0 Å². The Hall–Kier alpha value is -1.07. The number of rotatable bonds is 6. The molecule has 0 saturated carbocycles. The molecule has 20 heavy (non-hydrogen) atoms. The Labute approximate surface area is 128 Å². The molecule has 1 aromatic heterocycles. The zero-order valence-electron chi connectivity index (χ0n) is 11.2. The second-order valence-corrected chi connectivity index (χ2v) is 5.29. The van der Waals surface area contributed by atoms with Gasteiger partial charge in [-0.15, -0.1) is 0 Å². The molecule has 0 spiro atoms. The maximum atomic E-state index is 8.76. The van der Waals surface area contributed by atoms with Gasteiger partial charge >= 0.3 is 0 Å². The lowest BCUT2D eigenvalue weighted by Crippen LogP contribution is -2.16. The van der Waals surface area contributed by atoms with Crippen LogP contribution in [0.1, 0.15) is 17.7 Å².